The third-order valence-electron chi connectivity index (χ3n) is 1.58. The summed E-state index contributed by atoms with van der Waals surface area (Å²) in [5.41, 5.74) is -0.427. The van der Waals surface area contributed by atoms with Crippen molar-refractivity contribution in [2.75, 3.05) is 0 Å². The molecule has 74 valence electrons. The van der Waals surface area contributed by atoms with Gasteiger partial charge in [-0.3, -0.25) is 4.57 Å². The van der Waals surface area contributed by atoms with E-state index in [0.29, 0.717) is 5.82 Å². The second-order valence-corrected chi connectivity index (χ2v) is 4.21. The van der Waals surface area contributed by atoms with E-state index in [-0.39, 0.29) is 5.15 Å². The van der Waals surface area contributed by atoms with Crippen molar-refractivity contribution >= 4 is 11.6 Å². The van der Waals surface area contributed by atoms with E-state index in [2.05, 4.69) is 4.98 Å². The van der Waals surface area contributed by atoms with Gasteiger partial charge in [-0.25, -0.2) is 4.98 Å². The smallest absolute Gasteiger partial charge is 0.276 e. The van der Waals surface area contributed by atoms with E-state index >= 15 is 0 Å². The Morgan fingerprint density at radius 3 is 2.31 bits per heavy atom. The molecular weight excluding hydrogens is 198 g/mol. The van der Waals surface area contributed by atoms with Crippen LogP contribution in [0.5, 0.6) is 0 Å². The number of alkyl halides is 2. The zero-order chi connectivity index (χ0) is 10.2. The summed E-state index contributed by atoms with van der Waals surface area (Å²) in [6.45, 7) is 2.84. The minimum atomic E-state index is -2.59. The molecule has 0 N–H and O–H groups in total. The van der Waals surface area contributed by atoms with Crippen molar-refractivity contribution in [2.24, 2.45) is 0 Å². The minimum absolute atomic E-state index is 0.102. The van der Waals surface area contributed by atoms with Crippen LogP contribution < -0.4 is 0 Å². The van der Waals surface area contributed by atoms with E-state index < -0.39 is 12.0 Å². The monoisotopic (exact) mass is 208 g/mol. The van der Waals surface area contributed by atoms with Crippen molar-refractivity contribution in [3.05, 3.63) is 17.2 Å². The Morgan fingerprint density at radius 2 is 2.00 bits per heavy atom. The van der Waals surface area contributed by atoms with E-state index in [0.717, 1.165) is 10.8 Å². The van der Waals surface area contributed by atoms with Gasteiger partial charge in [0.05, 0.1) is 0 Å². The lowest BCUT2D eigenvalue weighted by Gasteiger charge is -2.18. The summed E-state index contributed by atoms with van der Waals surface area (Å²) in [5, 5.41) is 0.102. The molecule has 1 heterocycles. The maximum atomic E-state index is 12.4. The number of aromatic nitrogens is 2. The highest BCUT2D eigenvalue weighted by molar-refractivity contribution is 6.29. The molecule has 0 aliphatic rings. The maximum absolute atomic E-state index is 12.4. The van der Waals surface area contributed by atoms with Crippen molar-refractivity contribution in [3.63, 3.8) is 0 Å². The molecule has 0 unspecified atom stereocenters. The molecule has 0 aliphatic heterocycles. The van der Waals surface area contributed by atoms with E-state index in [9.17, 15) is 8.78 Å². The van der Waals surface area contributed by atoms with Crippen LogP contribution >= 0.6 is 11.6 Å². The van der Waals surface area contributed by atoms with Crippen LogP contribution in [-0.4, -0.2) is 9.55 Å². The molecule has 1 rings (SSSR count). The third-order valence-corrected chi connectivity index (χ3v) is 1.77. The Kier molecular flexibility index (Phi) is 2.61. The molecule has 0 saturated carbocycles. The second-order valence-electron chi connectivity index (χ2n) is 3.82. The molecule has 0 spiro atoms. The summed E-state index contributed by atoms with van der Waals surface area (Å²) in [6.07, 6.45) is 1.15. The van der Waals surface area contributed by atoms with Gasteiger partial charge in [-0.1, -0.05) is 32.4 Å². The van der Waals surface area contributed by atoms with Gasteiger partial charge in [-0.2, -0.15) is 8.78 Å². The highest BCUT2D eigenvalue weighted by Gasteiger charge is 2.24. The van der Waals surface area contributed by atoms with Crippen LogP contribution in [0.2, 0.25) is 5.15 Å². The van der Waals surface area contributed by atoms with Crippen LogP contribution in [0.3, 0.4) is 0 Å². The molecule has 2 nitrogen and oxygen atoms in total. The Morgan fingerprint density at radius 1 is 1.46 bits per heavy atom. The van der Waals surface area contributed by atoms with Gasteiger partial charge in [-0.05, 0) is 0 Å². The molecular formula is C8H11ClF2N2. The normalized spacial score (nSPS) is 12.5. The third kappa shape index (κ3) is 2.18. The van der Waals surface area contributed by atoms with Gasteiger partial charge < -0.3 is 0 Å². The molecule has 0 atom stereocenters. The fourth-order valence-corrected chi connectivity index (χ4v) is 1.25. The van der Waals surface area contributed by atoms with Crippen molar-refractivity contribution in [3.8, 4) is 0 Å². The van der Waals surface area contributed by atoms with Gasteiger partial charge >= 0.3 is 6.55 Å². The van der Waals surface area contributed by atoms with Gasteiger partial charge in [-0.15, -0.1) is 0 Å². The molecule has 0 amide bonds. The Labute approximate surface area is 80.5 Å². The molecule has 1 aromatic heterocycles. The van der Waals surface area contributed by atoms with Gasteiger partial charge in [0, 0.05) is 11.6 Å². The lowest BCUT2D eigenvalue weighted by atomic mass is 9.96. The summed E-state index contributed by atoms with van der Waals surface area (Å²) in [4.78, 5) is 3.85. The highest BCUT2D eigenvalue weighted by Crippen LogP contribution is 2.27. The number of nitrogens with zero attached hydrogens (tertiary/aromatic N) is 2. The SMILES string of the molecule is CC(C)(C)c1nc(Cl)cn1C(F)F. The number of imidazole rings is 1. The first-order valence-corrected chi connectivity index (χ1v) is 4.23. The number of hydrogen-bond donors (Lipinski definition) is 0. The molecule has 0 aromatic carbocycles. The summed E-state index contributed by atoms with van der Waals surface area (Å²) >= 11 is 5.55. The van der Waals surface area contributed by atoms with Crippen LogP contribution in [-0.2, 0) is 5.41 Å². The van der Waals surface area contributed by atoms with E-state index in [1.807, 2.05) is 20.8 Å². The Hall–Kier alpha value is -0.640. The zero-order valence-electron chi connectivity index (χ0n) is 7.68. The average molecular weight is 209 g/mol. The van der Waals surface area contributed by atoms with Crippen LogP contribution in [0, 0.1) is 0 Å². The van der Waals surface area contributed by atoms with Crippen LogP contribution in [0.1, 0.15) is 33.1 Å². The molecule has 13 heavy (non-hydrogen) atoms. The lowest BCUT2D eigenvalue weighted by molar-refractivity contribution is 0.0638. The van der Waals surface area contributed by atoms with Crippen molar-refractivity contribution in [1.29, 1.82) is 0 Å². The average Bonchev–Trinajstić information content (AvgIpc) is 2.29. The standard InChI is InChI=1S/C8H11ClF2N2/c1-8(2,3)6-12-5(9)4-13(6)7(10)11/h4,7H,1-3H3. The van der Waals surface area contributed by atoms with Crippen molar-refractivity contribution in [1.82, 2.24) is 9.55 Å². The minimum Gasteiger partial charge on any atom is -0.276 e. The second kappa shape index (κ2) is 3.25. The summed E-state index contributed by atoms with van der Waals surface area (Å²) < 4.78 is 25.7. The quantitative estimate of drug-likeness (QED) is 0.693. The van der Waals surface area contributed by atoms with E-state index in [4.69, 9.17) is 11.6 Å². The topological polar surface area (TPSA) is 17.8 Å². The molecule has 1 aromatic rings. The highest BCUT2D eigenvalue weighted by atomic mass is 35.5. The molecule has 0 radical (unpaired) electrons. The van der Waals surface area contributed by atoms with E-state index in [1.165, 1.54) is 0 Å². The zero-order valence-corrected chi connectivity index (χ0v) is 8.44. The van der Waals surface area contributed by atoms with Crippen LogP contribution in [0.4, 0.5) is 8.78 Å². The first kappa shape index (κ1) is 10.4. The van der Waals surface area contributed by atoms with Crippen LogP contribution in [0.15, 0.2) is 6.20 Å². The molecule has 5 heteroatoms. The van der Waals surface area contributed by atoms with Gasteiger partial charge in [0.1, 0.15) is 11.0 Å². The first-order chi connectivity index (χ1) is 5.82. The molecule has 0 saturated heterocycles. The Balaban J connectivity index is 3.20. The lowest BCUT2D eigenvalue weighted by Crippen LogP contribution is -2.19. The van der Waals surface area contributed by atoms with Gasteiger partial charge in [0.15, 0.2) is 0 Å². The van der Waals surface area contributed by atoms with Gasteiger partial charge in [0.2, 0.25) is 0 Å². The molecule has 0 aliphatic carbocycles. The summed E-state index contributed by atoms with van der Waals surface area (Å²) in [6, 6.07) is 0. The summed E-state index contributed by atoms with van der Waals surface area (Å²) in [5.74, 6) is 0.299. The van der Waals surface area contributed by atoms with Gasteiger partial charge in [0.25, 0.3) is 0 Å². The predicted molar refractivity (Wildman–Crippen MR) is 47.2 cm³/mol. The fraction of sp³-hybridized carbons (Fsp3) is 0.625. The fourth-order valence-electron chi connectivity index (χ4n) is 1.07. The molecule has 0 fully saturated rings. The number of hydrogen-bond acceptors (Lipinski definition) is 1. The maximum Gasteiger partial charge on any atom is 0.320 e. The number of halogens is 3. The summed E-state index contributed by atoms with van der Waals surface area (Å²) in [7, 11) is 0. The van der Waals surface area contributed by atoms with E-state index in [1.54, 1.807) is 0 Å². The largest absolute Gasteiger partial charge is 0.320 e. The van der Waals surface area contributed by atoms with Crippen molar-refractivity contribution < 1.29 is 8.78 Å². The van der Waals surface area contributed by atoms with Crippen LogP contribution in [0.25, 0.3) is 0 Å². The predicted octanol–water partition coefficient (Wildman–Crippen LogP) is 3.23. The number of rotatable bonds is 1. The Bertz CT molecular complexity index is 302. The van der Waals surface area contributed by atoms with Crippen molar-refractivity contribution in [2.45, 2.75) is 32.7 Å². The molecule has 0 bridgehead atoms. The first-order valence-electron chi connectivity index (χ1n) is 3.85.